The van der Waals surface area contributed by atoms with Gasteiger partial charge in [-0.3, -0.25) is 4.79 Å². The highest BCUT2D eigenvalue weighted by Crippen LogP contribution is 2.14. The number of benzene rings is 1. The monoisotopic (exact) mass is 337 g/mol. The van der Waals surface area contributed by atoms with Crippen LogP contribution in [-0.2, 0) is 24.1 Å². The molecule has 1 aromatic carbocycles. The van der Waals surface area contributed by atoms with Gasteiger partial charge in [0.2, 0.25) is 0 Å². The molecule has 0 spiro atoms. The fraction of sp³-hybridized carbons (Fsp3) is 0.375. The molecule has 1 atom stereocenters. The molecular formula is C16H17F2N3O3. The van der Waals surface area contributed by atoms with E-state index in [9.17, 15) is 23.5 Å². The van der Waals surface area contributed by atoms with Crippen molar-refractivity contribution in [3.8, 4) is 0 Å². The number of hydrogen-bond acceptors (Lipinski definition) is 4. The smallest absolute Gasteiger partial charge is 0.328 e. The summed E-state index contributed by atoms with van der Waals surface area (Å²) in [5.41, 5.74) is -0.111. The van der Waals surface area contributed by atoms with Crippen LogP contribution >= 0.6 is 0 Å². The van der Waals surface area contributed by atoms with Gasteiger partial charge in [-0.2, -0.15) is 10.1 Å². The van der Waals surface area contributed by atoms with Gasteiger partial charge in [0, 0.05) is 12.5 Å². The van der Waals surface area contributed by atoms with Crippen molar-refractivity contribution in [2.75, 3.05) is 0 Å². The number of aryl methyl sites for hydroxylation is 3. The van der Waals surface area contributed by atoms with Gasteiger partial charge in [-0.15, -0.1) is 0 Å². The average molecular weight is 337 g/mol. The van der Waals surface area contributed by atoms with Gasteiger partial charge in [-0.1, -0.05) is 13.0 Å². The predicted molar refractivity (Wildman–Crippen MR) is 81.8 cm³/mol. The second-order valence-corrected chi connectivity index (χ2v) is 5.33. The van der Waals surface area contributed by atoms with Gasteiger partial charge in [0.15, 0.2) is 0 Å². The Labute approximate surface area is 136 Å². The third kappa shape index (κ3) is 3.81. The predicted octanol–water partition coefficient (Wildman–Crippen LogP) is 1.91. The molecule has 8 heteroatoms. The summed E-state index contributed by atoms with van der Waals surface area (Å²) < 4.78 is 27.8. The SMILES string of the molecule is CCc1nn(C(C)C(=O)O)c(CCc2ccc(F)cc2F)nc1=O. The van der Waals surface area contributed by atoms with E-state index in [0.717, 1.165) is 12.1 Å². The van der Waals surface area contributed by atoms with E-state index in [1.165, 1.54) is 17.7 Å². The van der Waals surface area contributed by atoms with Crippen molar-refractivity contribution in [2.45, 2.75) is 39.2 Å². The molecule has 0 radical (unpaired) electrons. The van der Waals surface area contributed by atoms with Crippen LogP contribution in [0.4, 0.5) is 8.78 Å². The molecule has 1 heterocycles. The third-order valence-electron chi connectivity index (χ3n) is 3.66. The molecule has 0 saturated carbocycles. The van der Waals surface area contributed by atoms with Crippen LogP contribution in [0.3, 0.4) is 0 Å². The van der Waals surface area contributed by atoms with E-state index in [1.54, 1.807) is 6.92 Å². The number of halogens is 2. The molecule has 0 bridgehead atoms. The zero-order valence-corrected chi connectivity index (χ0v) is 13.3. The van der Waals surface area contributed by atoms with Gasteiger partial charge >= 0.3 is 5.97 Å². The molecule has 0 aliphatic carbocycles. The van der Waals surface area contributed by atoms with Crippen LogP contribution in [0.1, 0.15) is 37.0 Å². The molecule has 0 amide bonds. The van der Waals surface area contributed by atoms with Crippen molar-refractivity contribution < 1.29 is 18.7 Å². The maximum absolute atomic E-state index is 13.7. The highest BCUT2D eigenvalue weighted by atomic mass is 19.1. The first-order chi connectivity index (χ1) is 11.3. The molecule has 1 N–H and O–H groups in total. The van der Waals surface area contributed by atoms with E-state index < -0.39 is 29.2 Å². The lowest BCUT2D eigenvalue weighted by Crippen LogP contribution is -2.30. The molecule has 0 saturated heterocycles. The molecule has 24 heavy (non-hydrogen) atoms. The van der Waals surface area contributed by atoms with Crippen molar-refractivity contribution in [3.05, 3.63) is 57.3 Å². The van der Waals surface area contributed by atoms with E-state index in [0.29, 0.717) is 6.42 Å². The highest BCUT2D eigenvalue weighted by molar-refractivity contribution is 5.71. The van der Waals surface area contributed by atoms with Gasteiger partial charge in [0.1, 0.15) is 29.2 Å². The van der Waals surface area contributed by atoms with Crippen LogP contribution < -0.4 is 5.56 Å². The lowest BCUT2D eigenvalue weighted by atomic mass is 10.1. The van der Waals surface area contributed by atoms with Gasteiger partial charge in [-0.25, -0.2) is 18.3 Å². The van der Waals surface area contributed by atoms with Crippen LogP contribution in [-0.4, -0.2) is 25.8 Å². The zero-order chi connectivity index (χ0) is 17.9. The van der Waals surface area contributed by atoms with Crippen molar-refractivity contribution in [3.63, 3.8) is 0 Å². The van der Waals surface area contributed by atoms with E-state index in [2.05, 4.69) is 10.1 Å². The van der Waals surface area contributed by atoms with Crippen molar-refractivity contribution in [2.24, 2.45) is 0 Å². The van der Waals surface area contributed by atoms with Gasteiger partial charge in [0.05, 0.1) is 0 Å². The zero-order valence-electron chi connectivity index (χ0n) is 13.3. The molecule has 1 aromatic heterocycles. The molecule has 1 unspecified atom stereocenters. The Kier molecular flexibility index (Phi) is 5.38. The summed E-state index contributed by atoms with van der Waals surface area (Å²) in [5, 5.41) is 13.3. The summed E-state index contributed by atoms with van der Waals surface area (Å²) in [4.78, 5) is 27.0. The number of carbonyl (C=O) groups is 1. The number of hydrogen-bond donors (Lipinski definition) is 1. The second-order valence-electron chi connectivity index (χ2n) is 5.33. The van der Waals surface area contributed by atoms with Crippen LogP contribution in [0, 0.1) is 11.6 Å². The molecule has 128 valence electrons. The molecule has 2 aromatic rings. The number of carboxylic acid groups (broad SMARTS) is 1. The lowest BCUT2D eigenvalue weighted by molar-refractivity contribution is -0.140. The quantitative estimate of drug-likeness (QED) is 0.870. The number of rotatable bonds is 6. The first-order valence-corrected chi connectivity index (χ1v) is 7.48. The van der Waals surface area contributed by atoms with E-state index in [-0.39, 0.29) is 29.9 Å². The minimum Gasteiger partial charge on any atom is -0.480 e. The summed E-state index contributed by atoms with van der Waals surface area (Å²) in [5.74, 6) is -2.35. The molecule has 0 fully saturated rings. The molecule has 6 nitrogen and oxygen atoms in total. The Morgan fingerprint density at radius 1 is 1.33 bits per heavy atom. The Morgan fingerprint density at radius 3 is 2.62 bits per heavy atom. The summed E-state index contributed by atoms with van der Waals surface area (Å²) in [7, 11) is 0. The molecule has 0 aliphatic rings. The fourth-order valence-electron chi connectivity index (χ4n) is 2.24. The maximum Gasteiger partial charge on any atom is 0.328 e. The Balaban J connectivity index is 2.36. The lowest BCUT2D eigenvalue weighted by Gasteiger charge is -2.16. The molecular weight excluding hydrogens is 320 g/mol. The first kappa shape index (κ1) is 17.7. The molecule has 2 rings (SSSR count). The number of aromatic nitrogens is 3. The van der Waals surface area contributed by atoms with E-state index in [4.69, 9.17) is 0 Å². The second kappa shape index (κ2) is 7.29. The van der Waals surface area contributed by atoms with Crippen LogP contribution in [0.15, 0.2) is 23.0 Å². The summed E-state index contributed by atoms with van der Waals surface area (Å²) >= 11 is 0. The van der Waals surface area contributed by atoms with Gasteiger partial charge < -0.3 is 5.11 Å². The minimum atomic E-state index is -1.12. The Bertz CT molecular complexity index is 821. The fourth-order valence-corrected chi connectivity index (χ4v) is 2.24. The van der Waals surface area contributed by atoms with E-state index >= 15 is 0 Å². The standard InChI is InChI=1S/C16H17F2N3O3/c1-3-13-15(22)19-14(21(20-13)9(2)16(23)24)7-5-10-4-6-11(17)8-12(10)18/h4,6,8-9H,3,5,7H2,1-2H3,(H,23,24). The van der Waals surface area contributed by atoms with Gasteiger partial charge in [-0.05, 0) is 31.4 Å². The number of aliphatic carboxylic acids is 1. The summed E-state index contributed by atoms with van der Waals surface area (Å²) in [6, 6.07) is 2.20. The van der Waals surface area contributed by atoms with E-state index in [1.807, 2.05) is 0 Å². The summed E-state index contributed by atoms with van der Waals surface area (Å²) in [6.07, 6.45) is 0.565. The first-order valence-electron chi connectivity index (χ1n) is 7.48. The number of nitrogens with zero attached hydrogens (tertiary/aromatic N) is 3. The summed E-state index contributed by atoms with van der Waals surface area (Å²) in [6.45, 7) is 3.14. The topological polar surface area (TPSA) is 85.1 Å². The van der Waals surface area contributed by atoms with Crippen molar-refractivity contribution in [1.82, 2.24) is 14.8 Å². The normalized spacial score (nSPS) is 12.2. The Hall–Kier alpha value is -2.64. The molecule has 0 aliphatic heterocycles. The van der Waals surface area contributed by atoms with Crippen molar-refractivity contribution >= 4 is 5.97 Å². The number of carboxylic acids is 1. The average Bonchev–Trinajstić information content (AvgIpc) is 2.53. The van der Waals surface area contributed by atoms with Crippen molar-refractivity contribution in [1.29, 1.82) is 0 Å². The maximum atomic E-state index is 13.7. The largest absolute Gasteiger partial charge is 0.480 e. The minimum absolute atomic E-state index is 0.104. The third-order valence-corrected chi connectivity index (χ3v) is 3.66. The van der Waals surface area contributed by atoms with Crippen LogP contribution in [0.2, 0.25) is 0 Å². The van der Waals surface area contributed by atoms with Gasteiger partial charge in [0.25, 0.3) is 5.56 Å². The van der Waals surface area contributed by atoms with Crippen LogP contribution in [0.5, 0.6) is 0 Å². The Morgan fingerprint density at radius 2 is 2.04 bits per heavy atom. The highest BCUT2D eigenvalue weighted by Gasteiger charge is 2.20. The van der Waals surface area contributed by atoms with Crippen LogP contribution in [0.25, 0.3) is 0 Å².